The van der Waals surface area contributed by atoms with Crippen LogP contribution in [0.15, 0.2) is 24.3 Å². The van der Waals surface area contributed by atoms with E-state index in [1.165, 1.54) is 89.9 Å². The molecule has 0 atom stereocenters. The summed E-state index contributed by atoms with van der Waals surface area (Å²) in [6.07, 6.45) is 30.5. The van der Waals surface area contributed by atoms with Crippen LogP contribution < -0.4 is 0 Å². The Morgan fingerprint density at radius 3 is 0.889 bits per heavy atom. The van der Waals surface area contributed by atoms with Crippen LogP contribution in [0.1, 0.15) is 156 Å². The molecule has 0 bridgehead atoms. The summed E-state index contributed by atoms with van der Waals surface area (Å²) in [6, 6.07) is 0. The number of Topliss-reactive ketones (excluding diaryl/α,β-unsaturated/α-hetero) is 2. The van der Waals surface area contributed by atoms with E-state index in [1.807, 2.05) is 12.2 Å². The van der Waals surface area contributed by atoms with Gasteiger partial charge in [0, 0.05) is 12.8 Å². The molecule has 0 fully saturated rings. The average Bonchev–Trinajstić information content (AvgIpc) is 2.80. The summed E-state index contributed by atoms with van der Waals surface area (Å²) >= 11 is 0. The topological polar surface area (TPSA) is 68.3 Å². The van der Waals surface area contributed by atoms with E-state index in [-0.39, 0.29) is 11.6 Å². The Balaban J connectivity index is 0. The molecule has 0 N–H and O–H groups in total. The summed E-state index contributed by atoms with van der Waals surface area (Å²) in [4.78, 5) is 42.7. The molecule has 36 heavy (non-hydrogen) atoms. The van der Waals surface area contributed by atoms with Gasteiger partial charge in [0.25, 0.3) is 0 Å². The van der Waals surface area contributed by atoms with Crippen LogP contribution in [0.2, 0.25) is 0 Å². The highest BCUT2D eigenvalue weighted by Crippen LogP contribution is 2.12. The van der Waals surface area contributed by atoms with E-state index < -0.39 is 0 Å². The molecule has 0 aliphatic rings. The summed E-state index contributed by atoms with van der Waals surface area (Å²) in [5, 5.41) is 0. The monoisotopic (exact) mass is 504 g/mol. The molecule has 0 amide bonds. The molecule has 4 heteroatoms. The van der Waals surface area contributed by atoms with E-state index in [0.717, 1.165) is 38.5 Å². The van der Waals surface area contributed by atoms with Crippen molar-refractivity contribution in [2.75, 3.05) is 0 Å². The number of ketones is 4. The van der Waals surface area contributed by atoms with Crippen molar-refractivity contribution >= 4 is 23.1 Å². The number of rotatable bonds is 24. The van der Waals surface area contributed by atoms with Crippen molar-refractivity contribution in [3.63, 3.8) is 0 Å². The third kappa shape index (κ3) is 39.4. The Morgan fingerprint density at radius 2 is 0.639 bits per heavy atom. The van der Waals surface area contributed by atoms with Crippen molar-refractivity contribution in [3.05, 3.63) is 24.3 Å². The maximum atomic E-state index is 10.7. The van der Waals surface area contributed by atoms with E-state index in [0.29, 0.717) is 11.6 Å². The SMILES string of the molecule is CC(=O)C=CCCCCCCCCC=CC(C)=O.CC(=O)CCCCCCCCCCCCC(C)=O. The van der Waals surface area contributed by atoms with Gasteiger partial charge in [0.15, 0.2) is 11.6 Å². The van der Waals surface area contributed by atoms with Crippen molar-refractivity contribution in [2.45, 2.75) is 156 Å². The molecule has 0 aliphatic carbocycles. The summed E-state index contributed by atoms with van der Waals surface area (Å²) < 4.78 is 0. The molecule has 0 spiro atoms. The highest BCUT2D eigenvalue weighted by molar-refractivity contribution is 5.87. The molecule has 0 rings (SSSR count). The summed E-state index contributed by atoms with van der Waals surface area (Å²) in [5.41, 5.74) is 0. The molecular weight excluding hydrogens is 448 g/mol. The first-order valence-corrected chi connectivity index (χ1v) is 14.6. The molecule has 0 aromatic rings. The van der Waals surface area contributed by atoms with Crippen molar-refractivity contribution in [1.82, 2.24) is 0 Å². The Kier molecular flexibility index (Phi) is 29.6. The van der Waals surface area contributed by atoms with Gasteiger partial charge in [-0.25, -0.2) is 0 Å². The predicted molar refractivity (Wildman–Crippen MR) is 153 cm³/mol. The van der Waals surface area contributed by atoms with Crippen molar-refractivity contribution in [1.29, 1.82) is 0 Å². The first kappa shape index (κ1) is 36.3. The Morgan fingerprint density at radius 1 is 0.389 bits per heavy atom. The van der Waals surface area contributed by atoms with Gasteiger partial charge in [-0.3, -0.25) is 9.59 Å². The zero-order valence-corrected chi connectivity index (χ0v) is 24.1. The normalized spacial score (nSPS) is 11.0. The summed E-state index contributed by atoms with van der Waals surface area (Å²) in [7, 11) is 0. The van der Waals surface area contributed by atoms with Gasteiger partial charge in [0.05, 0.1) is 0 Å². The molecule has 0 aliphatic heterocycles. The second-order valence-corrected chi connectivity index (χ2v) is 10.2. The Bertz CT molecular complexity index is 562. The van der Waals surface area contributed by atoms with Gasteiger partial charge in [-0.2, -0.15) is 0 Å². The number of unbranched alkanes of at least 4 members (excludes halogenated alkanes) is 16. The zero-order chi connectivity index (χ0) is 27.3. The first-order chi connectivity index (χ1) is 17.3. The van der Waals surface area contributed by atoms with Gasteiger partial charge >= 0.3 is 0 Å². The summed E-state index contributed by atoms with van der Waals surface area (Å²) in [5.74, 6) is 0.906. The molecule has 0 aromatic heterocycles. The van der Waals surface area contributed by atoms with E-state index in [4.69, 9.17) is 0 Å². The molecule has 208 valence electrons. The van der Waals surface area contributed by atoms with Crippen LogP contribution in [0.4, 0.5) is 0 Å². The maximum Gasteiger partial charge on any atom is 0.152 e. The maximum absolute atomic E-state index is 10.7. The number of carbonyl (C=O) groups is 4. The molecule has 0 heterocycles. The first-order valence-electron chi connectivity index (χ1n) is 14.6. The van der Waals surface area contributed by atoms with E-state index >= 15 is 0 Å². The van der Waals surface area contributed by atoms with Gasteiger partial charge in [-0.05, 0) is 78.4 Å². The highest BCUT2D eigenvalue weighted by atomic mass is 16.1. The number of hydrogen-bond donors (Lipinski definition) is 0. The lowest BCUT2D eigenvalue weighted by Gasteiger charge is -2.02. The van der Waals surface area contributed by atoms with Crippen molar-refractivity contribution in [2.24, 2.45) is 0 Å². The minimum absolute atomic E-state index is 0.133. The van der Waals surface area contributed by atoms with E-state index in [1.54, 1.807) is 39.8 Å². The quantitative estimate of drug-likeness (QED) is 0.0970. The van der Waals surface area contributed by atoms with Gasteiger partial charge in [0.2, 0.25) is 0 Å². The van der Waals surface area contributed by atoms with Gasteiger partial charge in [-0.15, -0.1) is 0 Å². The fraction of sp³-hybridized carbons (Fsp3) is 0.750. The van der Waals surface area contributed by atoms with Crippen LogP contribution in [0.25, 0.3) is 0 Å². The fourth-order valence-corrected chi connectivity index (χ4v) is 3.89. The molecule has 4 nitrogen and oxygen atoms in total. The van der Waals surface area contributed by atoms with Crippen LogP contribution in [0, 0.1) is 0 Å². The second kappa shape index (κ2) is 29.4. The number of allylic oxidation sites excluding steroid dienone is 4. The average molecular weight is 505 g/mol. The minimum atomic E-state index is 0.133. The van der Waals surface area contributed by atoms with Gasteiger partial charge in [-0.1, -0.05) is 89.2 Å². The Hall–Kier alpha value is -1.84. The highest BCUT2D eigenvalue weighted by Gasteiger charge is 1.96. The molecule has 0 saturated heterocycles. The second-order valence-electron chi connectivity index (χ2n) is 10.2. The van der Waals surface area contributed by atoms with Gasteiger partial charge < -0.3 is 9.59 Å². The lowest BCUT2D eigenvalue weighted by atomic mass is 10.0. The van der Waals surface area contributed by atoms with Crippen LogP contribution in [0.5, 0.6) is 0 Å². The summed E-state index contributed by atoms with van der Waals surface area (Å²) in [6.45, 7) is 6.51. The number of hydrogen-bond acceptors (Lipinski definition) is 4. The molecule has 0 radical (unpaired) electrons. The van der Waals surface area contributed by atoms with Crippen LogP contribution in [-0.2, 0) is 19.2 Å². The Labute approximate surface area is 222 Å². The third-order valence-corrected chi connectivity index (χ3v) is 6.00. The molecular formula is C32H56O4. The lowest BCUT2D eigenvalue weighted by Crippen LogP contribution is -1.90. The molecule has 0 saturated carbocycles. The van der Waals surface area contributed by atoms with Crippen LogP contribution >= 0.6 is 0 Å². The standard InChI is InChI=1S/C16H30O2.C16H26O2/c2*1-15(17)13-11-9-7-5-3-4-6-8-10-12-14-16(2)18/h3-14H2,1-2H3;11-14H,3-10H2,1-2H3. The van der Waals surface area contributed by atoms with Crippen molar-refractivity contribution in [3.8, 4) is 0 Å². The predicted octanol–water partition coefficient (Wildman–Crippen LogP) is 9.24. The minimum Gasteiger partial charge on any atom is -0.300 e. The van der Waals surface area contributed by atoms with Crippen LogP contribution in [-0.4, -0.2) is 23.1 Å². The van der Waals surface area contributed by atoms with E-state index in [9.17, 15) is 19.2 Å². The van der Waals surface area contributed by atoms with Gasteiger partial charge in [0.1, 0.15) is 11.6 Å². The molecule has 0 aromatic carbocycles. The lowest BCUT2D eigenvalue weighted by molar-refractivity contribution is -0.118. The van der Waals surface area contributed by atoms with Crippen LogP contribution in [0.3, 0.4) is 0 Å². The zero-order valence-electron chi connectivity index (χ0n) is 24.1. The largest absolute Gasteiger partial charge is 0.300 e. The van der Waals surface area contributed by atoms with Crippen molar-refractivity contribution < 1.29 is 19.2 Å². The fourth-order valence-electron chi connectivity index (χ4n) is 3.89. The number of carbonyl (C=O) groups excluding carboxylic acids is 4. The molecule has 0 unspecified atom stereocenters. The van der Waals surface area contributed by atoms with E-state index in [2.05, 4.69) is 0 Å². The smallest absolute Gasteiger partial charge is 0.152 e. The third-order valence-electron chi connectivity index (χ3n) is 6.00.